The van der Waals surface area contributed by atoms with E-state index in [9.17, 15) is 0 Å². The molecule has 0 aliphatic heterocycles. The molecule has 0 amide bonds. The Morgan fingerprint density at radius 1 is 1.21 bits per heavy atom. The third kappa shape index (κ3) is 3.55. The van der Waals surface area contributed by atoms with Gasteiger partial charge in [0.25, 0.3) is 0 Å². The maximum absolute atomic E-state index is 6.40. The van der Waals surface area contributed by atoms with Crippen LogP contribution in [0.15, 0.2) is 36.7 Å². The van der Waals surface area contributed by atoms with Crippen molar-refractivity contribution < 1.29 is 0 Å². The van der Waals surface area contributed by atoms with Gasteiger partial charge in [-0.15, -0.1) is 0 Å². The molecule has 3 heteroatoms. The summed E-state index contributed by atoms with van der Waals surface area (Å²) >= 11 is 6.40. The number of rotatable bonds is 4. The Kier molecular flexibility index (Phi) is 4.56. The molecule has 0 saturated heterocycles. The first-order valence-corrected chi connectivity index (χ1v) is 6.88. The van der Waals surface area contributed by atoms with E-state index < -0.39 is 0 Å². The standard InChI is InChI=1S/C16H19ClN2/c1-11(2)19-9-13-4-5-14(16(17)8-13)15-10-18-7-6-12(15)3/h4-8,10-11,19H,9H2,1-3H3. The molecular weight excluding hydrogens is 256 g/mol. The van der Waals surface area contributed by atoms with Gasteiger partial charge in [0.15, 0.2) is 0 Å². The van der Waals surface area contributed by atoms with Crippen molar-refractivity contribution >= 4 is 11.6 Å². The summed E-state index contributed by atoms with van der Waals surface area (Å²) in [6, 6.07) is 8.68. The van der Waals surface area contributed by atoms with Crippen LogP contribution in [0.25, 0.3) is 11.1 Å². The van der Waals surface area contributed by atoms with Crippen molar-refractivity contribution in [2.75, 3.05) is 0 Å². The molecule has 2 aromatic rings. The van der Waals surface area contributed by atoms with E-state index in [0.717, 1.165) is 22.7 Å². The summed E-state index contributed by atoms with van der Waals surface area (Å²) in [6.07, 6.45) is 3.66. The zero-order chi connectivity index (χ0) is 13.8. The molecule has 0 aliphatic rings. The van der Waals surface area contributed by atoms with Gasteiger partial charge >= 0.3 is 0 Å². The predicted octanol–water partition coefficient (Wildman–Crippen LogP) is 4.21. The monoisotopic (exact) mass is 274 g/mol. The zero-order valence-electron chi connectivity index (χ0n) is 11.6. The Morgan fingerprint density at radius 3 is 2.63 bits per heavy atom. The molecule has 0 atom stereocenters. The van der Waals surface area contributed by atoms with Gasteiger partial charge in [0.2, 0.25) is 0 Å². The first-order valence-electron chi connectivity index (χ1n) is 6.50. The average molecular weight is 275 g/mol. The number of nitrogens with one attached hydrogen (secondary N) is 1. The maximum Gasteiger partial charge on any atom is 0.0488 e. The molecule has 0 spiro atoms. The van der Waals surface area contributed by atoms with Crippen LogP contribution in [-0.4, -0.2) is 11.0 Å². The highest BCUT2D eigenvalue weighted by Gasteiger charge is 2.07. The SMILES string of the molecule is Cc1ccncc1-c1ccc(CNC(C)C)cc1Cl. The molecule has 0 bridgehead atoms. The molecule has 0 saturated carbocycles. The van der Waals surface area contributed by atoms with Crippen LogP contribution in [-0.2, 0) is 6.54 Å². The fraction of sp³-hybridized carbons (Fsp3) is 0.312. The van der Waals surface area contributed by atoms with E-state index in [0.29, 0.717) is 6.04 Å². The van der Waals surface area contributed by atoms with Crippen LogP contribution in [0.4, 0.5) is 0 Å². The van der Waals surface area contributed by atoms with Gasteiger partial charge in [0.05, 0.1) is 0 Å². The van der Waals surface area contributed by atoms with Gasteiger partial charge in [-0.2, -0.15) is 0 Å². The van der Waals surface area contributed by atoms with Gasteiger partial charge in [-0.3, -0.25) is 4.98 Å². The van der Waals surface area contributed by atoms with Crippen LogP contribution in [0, 0.1) is 6.92 Å². The van der Waals surface area contributed by atoms with Crippen LogP contribution in [0.2, 0.25) is 5.02 Å². The minimum absolute atomic E-state index is 0.471. The lowest BCUT2D eigenvalue weighted by atomic mass is 10.0. The Bertz CT molecular complexity index is 564. The van der Waals surface area contributed by atoms with E-state index in [-0.39, 0.29) is 0 Å². The predicted molar refractivity (Wildman–Crippen MR) is 81.4 cm³/mol. The number of aromatic nitrogens is 1. The second-order valence-electron chi connectivity index (χ2n) is 5.04. The summed E-state index contributed by atoms with van der Waals surface area (Å²) < 4.78 is 0. The van der Waals surface area contributed by atoms with E-state index in [4.69, 9.17) is 11.6 Å². The molecule has 1 heterocycles. The second-order valence-corrected chi connectivity index (χ2v) is 5.45. The van der Waals surface area contributed by atoms with Crippen LogP contribution in [0.1, 0.15) is 25.0 Å². The van der Waals surface area contributed by atoms with Crippen LogP contribution in [0.3, 0.4) is 0 Å². The fourth-order valence-corrected chi connectivity index (χ4v) is 2.26. The number of benzene rings is 1. The van der Waals surface area contributed by atoms with E-state index in [1.165, 1.54) is 11.1 Å². The largest absolute Gasteiger partial charge is 0.310 e. The van der Waals surface area contributed by atoms with Crippen molar-refractivity contribution in [1.29, 1.82) is 0 Å². The smallest absolute Gasteiger partial charge is 0.0488 e. The number of aryl methyl sites for hydroxylation is 1. The molecule has 0 fully saturated rings. The van der Waals surface area contributed by atoms with Crippen molar-refractivity contribution in [3.8, 4) is 11.1 Å². The Labute approximate surface area is 119 Å². The molecule has 0 radical (unpaired) electrons. The fourth-order valence-electron chi connectivity index (χ4n) is 1.95. The molecule has 100 valence electrons. The summed E-state index contributed by atoms with van der Waals surface area (Å²) in [5.74, 6) is 0. The van der Waals surface area contributed by atoms with Gasteiger partial charge in [0, 0.05) is 41.1 Å². The molecule has 1 N–H and O–H groups in total. The van der Waals surface area contributed by atoms with Gasteiger partial charge in [-0.1, -0.05) is 37.6 Å². The molecule has 2 nitrogen and oxygen atoms in total. The summed E-state index contributed by atoms with van der Waals surface area (Å²) in [4.78, 5) is 4.17. The van der Waals surface area contributed by atoms with Gasteiger partial charge in [-0.05, 0) is 30.2 Å². The number of halogens is 1. The Morgan fingerprint density at radius 2 is 2.00 bits per heavy atom. The van der Waals surface area contributed by atoms with E-state index in [1.54, 1.807) is 6.20 Å². The Hall–Kier alpha value is -1.38. The van der Waals surface area contributed by atoms with Crippen LogP contribution < -0.4 is 5.32 Å². The number of hydrogen-bond acceptors (Lipinski definition) is 2. The molecule has 0 unspecified atom stereocenters. The minimum Gasteiger partial charge on any atom is -0.310 e. The first-order chi connectivity index (χ1) is 9.08. The van der Waals surface area contributed by atoms with Crippen LogP contribution >= 0.6 is 11.6 Å². The normalized spacial score (nSPS) is 11.0. The van der Waals surface area contributed by atoms with Gasteiger partial charge in [-0.25, -0.2) is 0 Å². The van der Waals surface area contributed by atoms with Gasteiger partial charge < -0.3 is 5.32 Å². The van der Waals surface area contributed by atoms with Crippen molar-refractivity contribution in [2.24, 2.45) is 0 Å². The highest BCUT2D eigenvalue weighted by Crippen LogP contribution is 2.30. The van der Waals surface area contributed by atoms with Gasteiger partial charge in [0.1, 0.15) is 0 Å². The van der Waals surface area contributed by atoms with Crippen molar-refractivity contribution in [1.82, 2.24) is 10.3 Å². The summed E-state index contributed by atoms with van der Waals surface area (Å²) in [5.41, 5.74) is 4.52. The lowest BCUT2D eigenvalue weighted by Gasteiger charge is -2.11. The number of hydrogen-bond donors (Lipinski definition) is 1. The first kappa shape index (κ1) is 14.0. The Balaban J connectivity index is 2.27. The quantitative estimate of drug-likeness (QED) is 0.903. The lowest BCUT2D eigenvalue weighted by molar-refractivity contribution is 0.589. The average Bonchev–Trinajstić information content (AvgIpc) is 2.38. The van der Waals surface area contributed by atoms with E-state index in [1.807, 2.05) is 18.3 Å². The molecule has 19 heavy (non-hydrogen) atoms. The van der Waals surface area contributed by atoms with E-state index in [2.05, 4.69) is 43.2 Å². The highest BCUT2D eigenvalue weighted by molar-refractivity contribution is 6.33. The summed E-state index contributed by atoms with van der Waals surface area (Å²) in [6.45, 7) is 7.18. The molecule has 1 aromatic carbocycles. The molecule has 1 aromatic heterocycles. The van der Waals surface area contributed by atoms with Crippen molar-refractivity contribution in [2.45, 2.75) is 33.4 Å². The number of pyridine rings is 1. The summed E-state index contributed by atoms with van der Waals surface area (Å²) in [5, 5.41) is 4.17. The third-order valence-electron chi connectivity index (χ3n) is 3.08. The molecule has 0 aliphatic carbocycles. The van der Waals surface area contributed by atoms with E-state index >= 15 is 0 Å². The third-order valence-corrected chi connectivity index (χ3v) is 3.39. The summed E-state index contributed by atoms with van der Waals surface area (Å²) in [7, 11) is 0. The zero-order valence-corrected chi connectivity index (χ0v) is 12.3. The maximum atomic E-state index is 6.40. The van der Waals surface area contributed by atoms with Crippen LogP contribution in [0.5, 0.6) is 0 Å². The highest BCUT2D eigenvalue weighted by atomic mass is 35.5. The minimum atomic E-state index is 0.471. The van der Waals surface area contributed by atoms with Crippen molar-refractivity contribution in [3.63, 3.8) is 0 Å². The molecular formula is C16H19ClN2. The second kappa shape index (κ2) is 6.18. The topological polar surface area (TPSA) is 24.9 Å². The van der Waals surface area contributed by atoms with Crippen molar-refractivity contribution in [3.05, 3.63) is 52.8 Å². The molecule has 2 rings (SSSR count). The lowest BCUT2D eigenvalue weighted by Crippen LogP contribution is -2.21. The number of nitrogens with zero attached hydrogens (tertiary/aromatic N) is 1.